The van der Waals surface area contributed by atoms with Gasteiger partial charge < -0.3 is 9.64 Å². The summed E-state index contributed by atoms with van der Waals surface area (Å²) in [5.74, 6) is 0.302. The first-order chi connectivity index (χ1) is 10.5. The van der Waals surface area contributed by atoms with Gasteiger partial charge in [-0.15, -0.1) is 0 Å². The summed E-state index contributed by atoms with van der Waals surface area (Å²) in [6.45, 7) is 4.68. The van der Waals surface area contributed by atoms with Crippen molar-refractivity contribution in [1.82, 2.24) is 9.62 Å². The number of hydrogen-bond acceptors (Lipinski definition) is 4. The first-order valence-corrected chi connectivity index (χ1v) is 8.87. The Kier molecular flexibility index (Phi) is 5.55. The first-order valence-electron chi connectivity index (χ1n) is 7.38. The number of nitrogens with one attached hydrogen (secondary N) is 1. The summed E-state index contributed by atoms with van der Waals surface area (Å²) in [5.41, 5.74) is 0.496. The Bertz CT molecular complexity index is 607. The number of carbonyl (C=O) groups excluding carboxylic acids is 1. The van der Waals surface area contributed by atoms with E-state index in [4.69, 9.17) is 4.74 Å². The molecule has 1 aromatic rings. The summed E-state index contributed by atoms with van der Waals surface area (Å²) < 4.78 is 31.0. The highest BCUT2D eigenvalue weighted by molar-refractivity contribution is 7.89. The van der Waals surface area contributed by atoms with Crippen molar-refractivity contribution in [1.29, 1.82) is 0 Å². The number of rotatable bonds is 6. The predicted octanol–water partition coefficient (Wildman–Crippen LogP) is 1.09. The maximum Gasteiger partial charge on any atom is 0.253 e. The number of carbonyl (C=O) groups is 1. The normalized spacial score (nSPS) is 18.4. The van der Waals surface area contributed by atoms with Crippen LogP contribution in [-0.2, 0) is 14.8 Å². The van der Waals surface area contributed by atoms with Crippen molar-refractivity contribution in [3.63, 3.8) is 0 Å². The Balaban J connectivity index is 2.10. The Labute approximate surface area is 131 Å². The molecule has 0 bridgehead atoms. The lowest BCUT2D eigenvalue weighted by atomic mass is 10.1. The molecule has 7 heteroatoms. The lowest BCUT2D eigenvalue weighted by molar-refractivity contribution is 0.0730. The SMILES string of the molecule is CCN(C[C@@H]1CCOC1)C(=O)c1ccc(S(=O)(=O)NC)cc1. The first kappa shape index (κ1) is 16.9. The molecule has 1 aliphatic rings. The van der Waals surface area contributed by atoms with E-state index >= 15 is 0 Å². The minimum Gasteiger partial charge on any atom is -0.381 e. The number of hydrogen-bond donors (Lipinski definition) is 1. The Hall–Kier alpha value is -1.44. The van der Waals surface area contributed by atoms with Crippen molar-refractivity contribution >= 4 is 15.9 Å². The number of ether oxygens (including phenoxy) is 1. The summed E-state index contributed by atoms with van der Waals surface area (Å²) >= 11 is 0. The topological polar surface area (TPSA) is 75.7 Å². The second kappa shape index (κ2) is 7.21. The highest BCUT2D eigenvalue weighted by atomic mass is 32.2. The van der Waals surface area contributed by atoms with E-state index in [1.165, 1.54) is 19.2 Å². The van der Waals surface area contributed by atoms with Gasteiger partial charge in [0.2, 0.25) is 10.0 Å². The van der Waals surface area contributed by atoms with Gasteiger partial charge in [-0.2, -0.15) is 0 Å². The van der Waals surface area contributed by atoms with Gasteiger partial charge in [0.05, 0.1) is 11.5 Å². The van der Waals surface area contributed by atoms with Gasteiger partial charge >= 0.3 is 0 Å². The van der Waals surface area contributed by atoms with Crippen molar-refractivity contribution in [3.8, 4) is 0 Å². The molecule has 22 heavy (non-hydrogen) atoms. The molecule has 0 radical (unpaired) electrons. The maximum atomic E-state index is 12.5. The second-order valence-corrected chi connectivity index (χ2v) is 7.19. The van der Waals surface area contributed by atoms with Crippen LogP contribution in [0.5, 0.6) is 0 Å². The average molecular weight is 326 g/mol. The summed E-state index contributed by atoms with van der Waals surface area (Å²) in [5, 5.41) is 0. The van der Waals surface area contributed by atoms with Gasteiger partial charge in [0.15, 0.2) is 0 Å². The fourth-order valence-electron chi connectivity index (χ4n) is 2.47. The smallest absolute Gasteiger partial charge is 0.253 e. The zero-order valence-corrected chi connectivity index (χ0v) is 13.7. The summed E-state index contributed by atoms with van der Waals surface area (Å²) in [7, 11) is -2.12. The van der Waals surface area contributed by atoms with Crippen molar-refractivity contribution < 1.29 is 17.9 Å². The molecule has 1 amide bonds. The van der Waals surface area contributed by atoms with Crippen LogP contribution in [0.2, 0.25) is 0 Å². The van der Waals surface area contributed by atoms with Crippen molar-refractivity contribution in [2.24, 2.45) is 5.92 Å². The molecular formula is C15H22N2O4S. The van der Waals surface area contributed by atoms with Gasteiger partial charge in [0.1, 0.15) is 0 Å². The number of sulfonamides is 1. The van der Waals surface area contributed by atoms with Gasteiger partial charge in [-0.25, -0.2) is 13.1 Å². The van der Waals surface area contributed by atoms with Crippen LogP contribution >= 0.6 is 0 Å². The van der Waals surface area contributed by atoms with Gasteiger partial charge in [0.25, 0.3) is 5.91 Å². The zero-order valence-electron chi connectivity index (χ0n) is 12.9. The summed E-state index contributed by atoms with van der Waals surface area (Å²) in [6, 6.07) is 6.01. The molecule has 6 nitrogen and oxygen atoms in total. The van der Waals surface area contributed by atoms with Crippen molar-refractivity contribution in [2.75, 3.05) is 33.4 Å². The third kappa shape index (κ3) is 3.85. The Morgan fingerprint density at radius 3 is 2.55 bits per heavy atom. The molecule has 0 aliphatic carbocycles. The van der Waals surface area contributed by atoms with E-state index in [0.717, 1.165) is 13.0 Å². The van der Waals surface area contributed by atoms with E-state index in [1.54, 1.807) is 17.0 Å². The largest absolute Gasteiger partial charge is 0.381 e. The third-order valence-electron chi connectivity index (χ3n) is 3.85. The lowest BCUT2D eigenvalue weighted by Gasteiger charge is -2.23. The molecule has 2 rings (SSSR count). The van der Waals surface area contributed by atoms with Crippen LogP contribution in [0.3, 0.4) is 0 Å². The molecule has 1 fully saturated rings. The van der Waals surface area contributed by atoms with Crippen LogP contribution in [0.15, 0.2) is 29.2 Å². The van der Waals surface area contributed by atoms with E-state index in [1.807, 2.05) is 6.92 Å². The van der Waals surface area contributed by atoms with E-state index < -0.39 is 10.0 Å². The standard InChI is InChI=1S/C15H22N2O4S/c1-3-17(10-12-8-9-21-11-12)15(18)13-4-6-14(7-5-13)22(19,20)16-2/h4-7,12,16H,3,8-11H2,1-2H3/t12-/m0/s1. The summed E-state index contributed by atoms with van der Waals surface area (Å²) in [4.78, 5) is 14.4. The quantitative estimate of drug-likeness (QED) is 0.849. The summed E-state index contributed by atoms with van der Waals surface area (Å²) in [6.07, 6.45) is 0.975. The fraction of sp³-hybridized carbons (Fsp3) is 0.533. The number of benzene rings is 1. The monoisotopic (exact) mass is 326 g/mol. The van der Waals surface area contributed by atoms with Gasteiger partial charge in [-0.1, -0.05) is 0 Å². The minimum atomic E-state index is -3.48. The van der Waals surface area contributed by atoms with Gasteiger partial charge in [-0.3, -0.25) is 4.79 Å². The molecule has 0 unspecified atom stereocenters. The van der Waals surface area contributed by atoms with Crippen LogP contribution in [-0.4, -0.2) is 52.6 Å². The average Bonchev–Trinajstić information content (AvgIpc) is 3.05. The highest BCUT2D eigenvalue weighted by Gasteiger charge is 2.22. The van der Waals surface area contributed by atoms with E-state index in [0.29, 0.717) is 31.2 Å². The minimum absolute atomic E-state index is 0.0807. The molecule has 1 N–H and O–H groups in total. The Morgan fingerprint density at radius 1 is 1.36 bits per heavy atom. The maximum absolute atomic E-state index is 12.5. The van der Waals surface area contributed by atoms with Gasteiger partial charge in [0, 0.05) is 31.2 Å². The van der Waals surface area contributed by atoms with Crippen molar-refractivity contribution in [3.05, 3.63) is 29.8 Å². The molecule has 1 saturated heterocycles. The fourth-order valence-corrected chi connectivity index (χ4v) is 3.20. The van der Waals surface area contributed by atoms with Crippen LogP contribution in [0.1, 0.15) is 23.7 Å². The second-order valence-electron chi connectivity index (χ2n) is 5.31. The molecule has 1 aliphatic heterocycles. The van der Waals surface area contributed by atoms with Gasteiger partial charge in [-0.05, 0) is 44.7 Å². The molecular weight excluding hydrogens is 304 g/mol. The number of nitrogens with zero attached hydrogens (tertiary/aromatic N) is 1. The third-order valence-corrected chi connectivity index (χ3v) is 5.28. The van der Waals surface area contributed by atoms with E-state index in [9.17, 15) is 13.2 Å². The van der Waals surface area contributed by atoms with Crippen LogP contribution in [0.25, 0.3) is 0 Å². The van der Waals surface area contributed by atoms with Crippen LogP contribution in [0.4, 0.5) is 0 Å². The zero-order chi connectivity index (χ0) is 16.2. The van der Waals surface area contributed by atoms with E-state index in [-0.39, 0.29) is 10.8 Å². The van der Waals surface area contributed by atoms with Crippen LogP contribution < -0.4 is 4.72 Å². The molecule has 0 spiro atoms. The molecule has 1 aromatic carbocycles. The number of amides is 1. The molecule has 122 valence electrons. The van der Waals surface area contributed by atoms with Crippen LogP contribution in [0, 0.1) is 5.92 Å². The molecule has 0 saturated carbocycles. The molecule has 1 heterocycles. The molecule has 1 atom stereocenters. The van der Waals surface area contributed by atoms with Crippen molar-refractivity contribution in [2.45, 2.75) is 18.2 Å². The molecule has 0 aromatic heterocycles. The predicted molar refractivity (Wildman–Crippen MR) is 83.2 cm³/mol. The Morgan fingerprint density at radius 2 is 2.05 bits per heavy atom. The lowest BCUT2D eigenvalue weighted by Crippen LogP contribution is -2.35. The van der Waals surface area contributed by atoms with E-state index in [2.05, 4.69) is 4.72 Å². The highest BCUT2D eigenvalue weighted by Crippen LogP contribution is 2.17.